The van der Waals surface area contributed by atoms with E-state index in [2.05, 4.69) is 10.3 Å². The normalized spacial score (nSPS) is 15.4. The minimum atomic E-state index is -3.41. The molecule has 2 heterocycles. The van der Waals surface area contributed by atoms with Gasteiger partial charge in [-0.05, 0) is 55.5 Å². The van der Waals surface area contributed by atoms with Gasteiger partial charge in [-0.2, -0.15) is 4.31 Å². The fourth-order valence-electron chi connectivity index (χ4n) is 3.09. The molecular formula is C20H25N3O3S. The molecule has 1 saturated heterocycles. The van der Waals surface area contributed by atoms with E-state index < -0.39 is 10.0 Å². The van der Waals surface area contributed by atoms with Crippen molar-refractivity contribution in [3.8, 4) is 0 Å². The highest BCUT2D eigenvalue weighted by Gasteiger charge is 2.25. The molecule has 1 fully saturated rings. The first-order chi connectivity index (χ1) is 12.9. The number of rotatable bonds is 6. The number of anilines is 1. The van der Waals surface area contributed by atoms with Crippen LogP contribution in [0, 0.1) is 6.92 Å². The maximum atomic E-state index is 12.6. The van der Waals surface area contributed by atoms with Gasteiger partial charge in [-0.25, -0.2) is 13.4 Å². The number of piperidine rings is 1. The van der Waals surface area contributed by atoms with Gasteiger partial charge in [0.15, 0.2) is 0 Å². The van der Waals surface area contributed by atoms with Crippen molar-refractivity contribution in [2.75, 3.05) is 18.4 Å². The lowest BCUT2D eigenvalue weighted by atomic mass is 10.1. The van der Waals surface area contributed by atoms with Crippen LogP contribution in [0.15, 0.2) is 47.5 Å². The number of nitrogens with one attached hydrogen (secondary N) is 1. The van der Waals surface area contributed by atoms with Gasteiger partial charge in [0, 0.05) is 25.7 Å². The quantitative estimate of drug-likeness (QED) is 0.826. The Bertz CT molecular complexity index is 872. The van der Waals surface area contributed by atoms with Gasteiger partial charge in [-0.1, -0.05) is 24.6 Å². The average molecular weight is 388 g/mol. The van der Waals surface area contributed by atoms with E-state index in [0.717, 1.165) is 30.4 Å². The van der Waals surface area contributed by atoms with Crippen molar-refractivity contribution in [1.82, 2.24) is 9.29 Å². The summed E-state index contributed by atoms with van der Waals surface area (Å²) in [5, 5.41) is 2.77. The maximum Gasteiger partial charge on any atom is 0.243 e. The number of benzene rings is 1. The Hall–Kier alpha value is -2.25. The number of aromatic nitrogens is 1. The van der Waals surface area contributed by atoms with Crippen LogP contribution in [0.3, 0.4) is 0 Å². The number of aryl methyl sites for hydroxylation is 2. The standard InChI is InChI=1S/C20H25N3O3S/c1-16-5-11-19(21-15-16)22-20(24)12-8-17-6-9-18(10-7-17)27(25,26)23-13-3-2-4-14-23/h5-7,9-11,15H,2-4,8,12-14H2,1H3,(H,21,22,24). The van der Waals surface area contributed by atoms with Gasteiger partial charge < -0.3 is 5.32 Å². The zero-order valence-corrected chi connectivity index (χ0v) is 16.3. The van der Waals surface area contributed by atoms with E-state index in [4.69, 9.17) is 0 Å². The van der Waals surface area contributed by atoms with Crippen LogP contribution < -0.4 is 5.32 Å². The van der Waals surface area contributed by atoms with Crippen molar-refractivity contribution in [2.45, 2.75) is 43.9 Å². The Morgan fingerprint density at radius 2 is 1.78 bits per heavy atom. The highest BCUT2D eigenvalue weighted by molar-refractivity contribution is 7.89. The number of carbonyl (C=O) groups excluding carboxylic acids is 1. The molecule has 0 bridgehead atoms. The van der Waals surface area contributed by atoms with Crippen molar-refractivity contribution in [3.05, 3.63) is 53.7 Å². The van der Waals surface area contributed by atoms with Crippen LogP contribution in [-0.2, 0) is 21.2 Å². The minimum Gasteiger partial charge on any atom is -0.311 e. The molecule has 0 radical (unpaired) electrons. The second kappa shape index (κ2) is 8.63. The molecule has 6 nitrogen and oxygen atoms in total. The van der Waals surface area contributed by atoms with Crippen LogP contribution in [0.25, 0.3) is 0 Å². The molecule has 0 spiro atoms. The van der Waals surface area contributed by atoms with E-state index in [1.807, 2.05) is 13.0 Å². The summed E-state index contributed by atoms with van der Waals surface area (Å²) in [6, 6.07) is 10.5. The zero-order chi connectivity index (χ0) is 19.3. The van der Waals surface area contributed by atoms with Crippen molar-refractivity contribution in [1.29, 1.82) is 0 Å². The molecule has 0 aliphatic carbocycles. The zero-order valence-electron chi connectivity index (χ0n) is 15.5. The molecule has 3 rings (SSSR count). The molecule has 1 amide bonds. The number of amides is 1. The number of carbonyl (C=O) groups is 1. The van der Waals surface area contributed by atoms with Crippen molar-refractivity contribution in [3.63, 3.8) is 0 Å². The second-order valence-electron chi connectivity index (χ2n) is 6.88. The summed E-state index contributed by atoms with van der Waals surface area (Å²) < 4.78 is 26.9. The van der Waals surface area contributed by atoms with Gasteiger partial charge in [0.2, 0.25) is 15.9 Å². The van der Waals surface area contributed by atoms with Crippen molar-refractivity contribution in [2.24, 2.45) is 0 Å². The van der Waals surface area contributed by atoms with Crippen LogP contribution in [0.4, 0.5) is 5.82 Å². The average Bonchev–Trinajstić information content (AvgIpc) is 2.69. The largest absolute Gasteiger partial charge is 0.311 e. The van der Waals surface area contributed by atoms with Gasteiger partial charge in [0.25, 0.3) is 0 Å². The van der Waals surface area contributed by atoms with E-state index in [-0.39, 0.29) is 5.91 Å². The molecule has 0 atom stereocenters. The molecule has 0 unspecified atom stereocenters. The van der Waals surface area contributed by atoms with Crippen molar-refractivity contribution >= 4 is 21.7 Å². The van der Waals surface area contributed by atoms with E-state index in [1.54, 1.807) is 40.8 Å². The number of nitrogens with zero attached hydrogens (tertiary/aromatic N) is 2. The SMILES string of the molecule is Cc1ccc(NC(=O)CCc2ccc(S(=O)(=O)N3CCCCC3)cc2)nc1. The first kappa shape index (κ1) is 19.5. The summed E-state index contributed by atoms with van der Waals surface area (Å²) in [6.07, 6.45) is 5.49. The molecule has 0 saturated carbocycles. The number of sulfonamides is 1. The summed E-state index contributed by atoms with van der Waals surface area (Å²) in [4.78, 5) is 16.5. The molecular weight excluding hydrogens is 362 g/mol. The molecule has 27 heavy (non-hydrogen) atoms. The molecule has 1 aromatic carbocycles. The third-order valence-corrected chi connectivity index (χ3v) is 6.61. The summed E-state index contributed by atoms with van der Waals surface area (Å²) in [5.74, 6) is 0.421. The van der Waals surface area contributed by atoms with E-state index in [0.29, 0.717) is 36.6 Å². The smallest absolute Gasteiger partial charge is 0.243 e. The first-order valence-electron chi connectivity index (χ1n) is 9.27. The Morgan fingerprint density at radius 3 is 2.41 bits per heavy atom. The topological polar surface area (TPSA) is 79.4 Å². The lowest BCUT2D eigenvalue weighted by molar-refractivity contribution is -0.116. The Balaban J connectivity index is 1.55. The summed E-state index contributed by atoms with van der Waals surface area (Å²) in [5.41, 5.74) is 1.97. The molecule has 1 aliphatic rings. The molecule has 1 N–H and O–H groups in total. The highest BCUT2D eigenvalue weighted by atomic mass is 32.2. The van der Waals surface area contributed by atoms with Crippen LogP contribution in [0.5, 0.6) is 0 Å². The second-order valence-corrected chi connectivity index (χ2v) is 8.82. The molecule has 1 aliphatic heterocycles. The molecule has 1 aromatic heterocycles. The lowest BCUT2D eigenvalue weighted by Crippen LogP contribution is -2.35. The molecule has 7 heteroatoms. The van der Waals surface area contributed by atoms with E-state index in [1.165, 1.54) is 0 Å². The third-order valence-electron chi connectivity index (χ3n) is 4.70. The fraction of sp³-hybridized carbons (Fsp3) is 0.400. The van der Waals surface area contributed by atoms with Crippen LogP contribution in [0.2, 0.25) is 0 Å². The Kier molecular flexibility index (Phi) is 6.23. The van der Waals surface area contributed by atoms with Gasteiger partial charge in [0.1, 0.15) is 5.82 Å². The molecule has 144 valence electrons. The Morgan fingerprint density at radius 1 is 1.07 bits per heavy atom. The molecule has 2 aromatic rings. The van der Waals surface area contributed by atoms with Crippen LogP contribution in [-0.4, -0.2) is 36.7 Å². The van der Waals surface area contributed by atoms with Crippen LogP contribution >= 0.6 is 0 Å². The van der Waals surface area contributed by atoms with Crippen LogP contribution in [0.1, 0.15) is 36.8 Å². The Labute approximate surface area is 160 Å². The lowest BCUT2D eigenvalue weighted by Gasteiger charge is -2.25. The third kappa shape index (κ3) is 5.14. The maximum absolute atomic E-state index is 12.6. The summed E-state index contributed by atoms with van der Waals surface area (Å²) >= 11 is 0. The highest BCUT2D eigenvalue weighted by Crippen LogP contribution is 2.21. The fourth-order valence-corrected chi connectivity index (χ4v) is 4.60. The first-order valence-corrected chi connectivity index (χ1v) is 10.7. The summed E-state index contributed by atoms with van der Waals surface area (Å²) in [6.45, 7) is 3.13. The van der Waals surface area contributed by atoms with Gasteiger partial charge >= 0.3 is 0 Å². The van der Waals surface area contributed by atoms with E-state index in [9.17, 15) is 13.2 Å². The predicted molar refractivity (Wildman–Crippen MR) is 105 cm³/mol. The van der Waals surface area contributed by atoms with E-state index >= 15 is 0 Å². The monoisotopic (exact) mass is 387 g/mol. The van der Waals surface area contributed by atoms with Crippen molar-refractivity contribution < 1.29 is 13.2 Å². The van der Waals surface area contributed by atoms with Gasteiger partial charge in [-0.15, -0.1) is 0 Å². The minimum absolute atomic E-state index is 0.114. The number of hydrogen-bond acceptors (Lipinski definition) is 4. The van der Waals surface area contributed by atoms with Gasteiger partial charge in [-0.3, -0.25) is 4.79 Å². The van der Waals surface area contributed by atoms with Gasteiger partial charge in [0.05, 0.1) is 4.90 Å². The number of pyridine rings is 1. The predicted octanol–water partition coefficient (Wildman–Crippen LogP) is 3.14. The number of hydrogen-bond donors (Lipinski definition) is 1. The summed E-state index contributed by atoms with van der Waals surface area (Å²) in [7, 11) is -3.41.